The molecular weight excluding hydrogens is 424 g/mol. The molecule has 1 fully saturated rings. The fourth-order valence-electron chi connectivity index (χ4n) is 3.86. The minimum Gasteiger partial charge on any atom is -0.384 e. The van der Waals surface area contributed by atoms with Gasteiger partial charge in [-0.1, -0.05) is 23.7 Å². The second kappa shape index (κ2) is 7.23. The fourth-order valence-corrected chi connectivity index (χ4v) is 5.50. The van der Waals surface area contributed by atoms with E-state index in [1.54, 1.807) is 10.6 Å². The van der Waals surface area contributed by atoms with Crippen molar-refractivity contribution < 1.29 is 13.2 Å². The van der Waals surface area contributed by atoms with Crippen molar-refractivity contribution in [1.82, 2.24) is 14.5 Å². The second-order valence-corrected chi connectivity index (χ2v) is 9.62. The predicted molar refractivity (Wildman–Crippen MR) is 115 cm³/mol. The van der Waals surface area contributed by atoms with E-state index < -0.39 is 9.84 Å². The molecule has 1 saturated heterocycles. The third kappa shape index (κ3) is 3.12. The molecule has 1 aliphatic rings. The topological polar surface area (TPSA) is 100 Å². The van der Waals surface area contributed by atoms with Crippen LogP contribution in [-0.4, -0.2) is 35.7 Å². The molecule has 2 aromatic carbocycles. The predicted octanol–water partition coefficient (Wildman–Crippen LogP) is 3.83. The third-order valence-electron chi connectivity index (χ3n) is 5.35. The lowest BCUT2D eigenvalue weighted by Crippen LogP contribution is -2.17. The van der Waals surface area contributed by atoms with Crippen LogP contribution in [-0.2, 0) is 21.1 Å². The number of para-hydroxylation sites is 2. The van der Waals surface area contributed by atoms with E-state index in [4.69, 9.17) is 27.1 Å². The number of nitrogens with zero attached hydrogens (tertiary/aromatic N) is 3. The van der Waals surface area contributed by atoms with Gasteiger partial charge in [-0.3, -0.25) is 0 Å². The number of aromatic nitrogens is 3. The van der Waals surface area contributed by atoms with Crippen LogP contribution in [0.1, 0.15) is 12.8 Å². The first-order valence-electron chi connectivity index (χ1n) is 9.62. The highest BCUT2D eigenvalue weighted by Gasteiger charge is 2.31. The summed E-state index contributed by atoms with van der Waals surface area (Å²) in [6.07, 6.45) is 1.82. The first-order chi connectivity index (χ1) is 14.4. The van der Waals surface area contributed by atoms with Gasteiger partial charge in [-0.2, -0.15) is 0 Å². The monoisotopic (exact) mass is 442 g/mol. The standard InChI is InChI=1S/C21H19ClN4O3S/c22-13-7-9-15(10-8-13)30(27,28)19-18-21(25-17-6-2-1-5-16(17)24-18)26(20(19)23)12-14-4-3-11-29-14/h1-2,5-10,14H,3-4,11-12,23H2/t14-/m0/s1. The highest BCUT2D eigenvalue weighted by atomic mass is 35.5. The van der Waals surface area contributed by atoms with Gasteiger partial charge >= 0.3 is 0 Å². The van der Waals surface area contributed by atoms with Crippen molar-refractivity contribution in [2.24, 2.45) is 0 Å². The molecule has 2 N–H and O–H groups in total. The molecule has 30 heavy (non-hydrogen) atoms. The summed E-state index contributed by atoms with van der Waals surface area (Å²) in [6.45, 7) is 1.11. The van der Waals surface area contributed by atoms with Crippen LogP contribution in [0.4, 0.5) is 5.82 Å². The molecule has 7 nitrogen and oxygen atoms in total. The Morgan fingerprint density at radius 2 is 1.80 bits per heavy atom. The number of nitrogens with two attached hydrogens (primary N) is 1. The summed E-state index contributed by atoms with van der Waals surface area (Å²) in [6, 6.07) is 13.4. The maximum Gasteiger partial charge on any atom is 0.212 e. The lowest BCUT2D eigenvalue weighted by atomic mass is 10.2. The summed E-state index contributed by atoms with van der Waals surface area (Å²) in [5.74, 6) is 0.116. The zero-order valence-electron chi connectivity index (χ0n) is 16.0. The van der Waals surface area contributed by atoms with E-state index in [0.717, 1.165) is 12.8 Å². The number of rotatable bonds is 4. The number of fused-ring (bicyclic) bond motifs is 2. The Morgan fingerprint density at radius 3 is 2.47 bits per heavy atom. The van der Waals surface area contributed by atoms with E-state index in [1.807, 2.05) is 18.2 Å². The summed E-state index contributed by atoms with van der Waals surface area (Å²) < 4.78 is 34.5. The van der Waals surface area contributed by atoms with Gasteiger partial charge in [0, 0.05) is 11.6 Å². The van der Waals surface area contributed by atoms with E-state index in [2.05, 4.69) is 4.98 Å². The van der Waals surface area contributed by atoms with E-state index in [-0.39, 0.29) is 27.2 Å². The van der Waals surface area contributed by atoms with Gasteiger partial charge in [-0.15, -0.1) is 0 Å². The Balaban J connectivity index is 1.79. The molecule has 3 heterocycles. The van der Waals surface area contributed by atoms with E-state index in [1.165, 1.54) is 24.3 Å². The highest BCUT2D eigenvalue weighted by molar-refractivity contribution is 7.92. The van der Waals surface area contributed by atoms with Gasteiger partial charge in [0.1, 0.15) is 16.2 Å². The lowest BCUT2D eigenvalue weighted by molar-refractivity contribution is 0.0983. The molecule has 1 atom stereocenters. The quantitative estimate of drug-likeness (QED) is 0.515. The lowest BCUT2D eigenvalue weighted by Gasteiger charge is -2.13. The van der Waals surface area contributed by atoms with Crippen molar-refractivity contribution >= 4 is 49.5 Å². The minimum atomic E-state index is -3.94. The zero-order chi connectivity index (χ0) is 20.9. The van der Waals surface area contributed by atoms with Crippen LogP contribution in [0.3, 0.4) is 0 Å². The van der Waals surface area contributed by atoms with Crippen molar-refractivity contribution in [2.75, 3.05) is 12.3 Å². The summed E-state index contributed by atoms with van der Waals surface area (Å²) in [7, 11) is -3.94. The Morgan fingerprint density at radius 1 is 1.10 bits per heavy atom. The van der Waals surface area contributed by atoms with E-state index >= 15 is 0 Å². The fraction of sp³-hybridized carbons (Fsp3) is 0.238. The van der Waals surface area contributed by atoms with Gasteiger partial charge in [0.05, 0.1) is 28.6 Å². The summed E-state index contributed by atoms with van der Waals surface area (Å²) in [5, 5.41) is 0.452. The molecule has 4 aromatic rings. The molecule has 0 bridgehead atoms. The number of sulfone groups is 1. The molecule has 0 aliphatic carbocycles. The van der Waals surface area contributed by atoms with Crippen LogP contribution in [0.2, 0.25) is 5.02 Å². The maximum absolute atomic E-state index is 13.5. The Bertz CT molecular complexity index is 1360. The second-order valence-electron chi connectivity index (χ2n) is 7.30. The summed E-state index contributed by atoms with van der Waals surface area (Å²) >= 11 is 5.94. The number of nitrogen functional groups attached to an aromatic ring is 1. The Labute approximate surface area is 178 Å². The molecule has 2 aromatic heterocycles. The average molecular weight is 443 g/mol. The van der Waals surface area contributed by atoms with Crippen molar-refractivity contribution in [1.29, 1.82) is 0 Å². The van der Waals surface area contributed by atoms with Gasteiger partial charge in [-0.05, 0) is 49.2 Å². The van der Waals surface area contributed by atoms with Crippen LogP contribution in [0, 0.1) is 0 Å². The van der Waals surface area contributed by atoms with Crippen LogP contribution in [0.5, 0.6) is 0 Å². The van der Waals surface area contributed by atoms with Crippen LogP contribution in [0.15, 0.2) is 58.3 Å². The average Bonchev–Trinajstić information content (AvgIpc) is 3.34. The van der Waals surface area contributed by atoms with Crippen LogP contribution >= 0.6 is 11.6 Å². The molecule has 0 amide bonds. The highest BCUT2D eigenvalue weighted by Crippen LogP contribution is 2.36. The molecule has 0 radical (unpaired) electrons. The van der Waals surface area contributed by atoms with Crippen molar-refractivity contribution in [3.8, 4) is 0 Å². The van der Waals surface area contributed by atoms with Gasteiger partial charge in [0.2, 0.25) is 9.84 Å². The molecular formula is C21H19ClN4O3S. The number of hydrogen-bond acceptors (Lipinski definition) is 6. The van der Waals surface area contributed by atoms with Crippen LogP contribution in [0.25, 0.3) is 22.2 Å². The van der Waals surface area contributed by atoms with Crippen molar-refractivity contribution in [3.05, 3.63) is 53.6 Å². The summed E-state index contributed by atoms with van der Waals surface area (Å²) in [5.41, 5.74) is 8.41. The van der Waals surface area contributed by atoms with Gasteiger partial charge in [0.15, 0.2) is 5.65 Å². The number of ether oxygens (including phenoxy) is 1. The normalized spacial score (nSPS) is 17.2. The molecule has 154 valence electrons. The molecule has 0 spiro atoms. The molecule has 9 heteroatoms. The van der Waals surface area contributed by atoms with Gasteiger partial charge < -0.3 is 15.0 Å². The van der Waals surface area contributed by atoms with E-state index in [0.29, 0.717) is 34.9 Å². The maximum atomic E-state index is 13.5. The number of hydrogen-bond donors (Lipinski definition) is 1. The SMILES string of the molecule is Nc1c(S(=O)(=O)c2ccc(Cl)cc2)c2nc3ccccc3nc2n1C[C@@H]1CCCO1. The number of anilines is 1. The zero-order valence-corrected chi connectivity index (χ0v) is 17.5. The Kier molecular flexibility index (Phi) is 4.65. The van der Waals surface area contributed by atoms with Crippen molar-refractivity contribution in [2.45, 2.75) is 35.3 Å². The minimum absolute atomic E-state index is 0.0314. The number of halogens is 1. The van der Waals surface area contributed by atoms with Crippen molar-refractivity contribution in [3.63, 3.8) is 0 Å². The summed E-state index contributed by atoms with van der Waals surface area (Å²) in [4.78, 5) is 9.41. The smallest absolute Gasteiger partial charge is 0.212 e. The molecule has 0 saturated carbocycles. The third-order valence-corrected chi connectivity index (χ3v) is 7.43. The Hall–Kier alpha value is -2.68. The first kappa shape index (κ1) is 19.3. The first-order valence-corrected chi connectivity index (χ1v) is 11.5. The van der Waals surface area contributed by atoms with Gasteiger partial charge in [-0.25, -0.2) is 18.4 Å². The molecule has 5 rings (SSSR count). The van der Waals surface area contributed by atoms with E-state index in [9.17, 15) is 8.42 Å². The number of benzene rings is 2. The van der Waals surface area contributed by atoms with Gasteiger partial charge in [0.25, 0.3) is 0 Å². The molecule has 1 aliphatic heterocycles. The molecule has 0 unspecified atom stereocenters. The van der Waals surface area contributed by atoms with Crippen LogP contribution < -0.4 is 5.73 Å². The largest absolute Gasteiger partial charge is 0.384 e.